The van der Waals surface area contributed by atoms with E-state index in [1.165, 1.54) is 23.1 Å². The molecule has 0 spiro atoms. The number of thiazole rings is 1. The fourth-order valence-corrected chi connectivity index (χ4v) is 5.71. The fraction of sp³-hybridized carbons (Fsp3) is 0.435. The lowest BCUT2D eigenvalue weighted by Gasteiger charge is -2.30. The lowest BCUT2D eigenvalue weighted by atomic mass is 10.2. The number of aromatic nitrogens is 3. The van der Waals surface area contributed by atoms with Crippen molar-refractivity contribution in [1.82, 2.24) is 19.9 Å². The van der Waals surface area contributed by atoms with Crippen LogP contribution < -0.4 is 20.9 Å². The standard InChI is InChI=1S/C23H30N6O2S2/c1-4-18-21(14(2)32-23-26-19(24)13-20(25)27-23)28-22(33-18)15-6-7-16(30-3)17(12-15)31-11-10-29-8-5-9-29/h6-7,12-14H,4-5,8-11H2,1-3H3,(H4,24,25,26,27)/t14-/m1/s1. The van der Waals surface area contributed by atoms with Crippen LogP contribution in [0.25, 0.3) is 10.6 Å². The summed E-state index contributed by atoms with van der Waals surface area (Å²) in [7, 11) is 1.66. The number of rotatable bonds is 10. The molecule has 10 heteroatoms. The maximum atomic E-state index is 6.07. The number of thioether (sulfide) groups is 1. The second-order valence-corrected chi connectivity index (χ2v) is 10.2. The average Bonchev–Trinajstić information content (AvgIpc) is 3.19. The molecule has 3 aromatic rings. The predicted molar refractivity (Wildman–Crippen MR) is 135 cm³/mol. The van der Waals surface area contributed by atoms with Crippen LogP contribution in [0.15, 0.2) is 29.4 Å². The highest BCUT2D eigenvalue weighted by molar-refractivity contribution is 7.99. The molecule has 4 N–H and O–H groups in total. The van der Waals surface area contributed by atoms with Gasteiger partial charge in [-0.1, -0.05) is 18.7 Å². The van der Waals surface area contributed by atoms with Crippen LogP contribution in [0.2, 0.25) is 0 Å². The molecule has 0 unspecified atom stereocenters. The number of nitrogen functional groups attached to an aromatic ring is 2. The third-order valence-electron chi connectivity index (χ3n) is 5.49. The second-order valence-electron chi connectivity index (χ2n) is 7.85. The summed E-state index contributed by atoms with van der Waals surface area (Å²) in [6, 6.07) is 7.56. The average molecular weight is 487 g/mol. The van der Waals surface area contributed by atoms with Gasteiger partial charge < -0.3 is 20.9 Å². The molecular weight excluding hydrogens is 456 g/mol. The van der Waals surface area contributed by atoms with Crippen molar-refractivity contribution in [3.63, 3.8) is 0 Å². The summed E-state index contributed by atoms with van der Waals surface area (Å²) in [5, 5.41) is 1.56. The van der Waals surface area contributed by atoms with Gasteiger partial charge in [-0.15, -0.1) is 11.3 Å². The van der Waals surface area contributed by atoms with E-state index < -0.39 is 0 Å². The van der Waals surface area contributed by atoms with Crippen LogP contribution in [0.4, 0.5) is 11.6 Å². The molecule has 8 nitrogen and oxygen atoms in total. The van der Waals surface area contributed by atoms with E-state index in [0.717, 1.165) is 53.8 Å². The number of benzene rings is 1. The normalized spacial score (nSPS) is 14.6. The smallest absolute Gasteiger partial charge is 0.192 e. The van der Waals surface area contributed by atoms with Gasteiger partial charge in [0.15, 0.2) is 16.7 Å². The molecule has 0 radical (unpaired) electrons. The molecule has 1 atom stereocenters. The Hall–Kier alpha value is -2.56. The van der Waals surface area contributed by atoms with Gasteiger partial charge in [0.2, 0.25) is 0 Å². The number of hydrogen-bond acceptors (Lipinski definition) is 10. The molecule has 3 heterocycles. The maximum absolute atomic E-state index is 6.07. The van der Waals surface area contributed by atoms with Crippen molar-refractivity contribution in [2.75, 3.05) is 44.8 Å². The minimum Gasteiger partial charge on any atom is -0.493 e. The number of hydrogen-bond donors (Lipinski definition) is 2. The highest BCUT2D eigenvalue weighted by Crippen LogP contribution is 2.41. The Labute approximate surface area is 202 Å². The molecule has 1 fully saturated rings. The summed E-state index contributed by atoms with van der Waals surface area (Å²) in [4.78, 5) is 17.2. The van der Waals surface area contributed by atoms with Crippen molar-refractivity contribution in [1.29, 1.82) is 0 Å². The van der Waals surface area contributed by atoms with Crippen LogP contribution in [0, 0.1) is 0 Å². The first-order valence-electron chi connectivity index (χ1n) is 11.1. The molecule has 1 aromatic carbocycles. The third-order valence-corrected chi connectivity index (χ3v) is 7.72. The molecule has 0 bridgehead atoms. The third kappa shape index (κ3) is 5.69. The van der Waals surface area contributed by atoms with Crippen LogP contribution in [0.5, 0.6) is 11.5 Å². The molecule has 0 aliphatic carbocycles. The van der Waals surface area contributed by atoms with Crippen molar-refractivity contribution in [2.45, 2.75) is 37.1 Å². The molecule has 4 rings (SSSR count). The molecule has 1 aliphatic heterocycles. The number of nitrogens with zero attached hydrogens (tertiary/aromatic N) is 4. The van der Waals surface area contributed by atoms with Gasteiger partial charge in [0, 0.05) is 23.1 Å². The van der Waals surface area contributed by atoms with Gasteiger partial charge in [-0.05, 0) is 51.1 Å². The molecule has 0 saturated carbocycles. The molecule has 0 amide bonds. The highest BCUT2D eigenvalue weighted by atomic mass is 32.2. The molecule has 1 saturated heterocycles. The molecule has 33 heavy (non-hydrogen) atoms. The first-order valence-corrected chi connectivity index (χ1v) is 12.8. The van der Waals surface area contributed by atoms with Crippen molar-refractivity contribution in [3.8, 4) is 22.1 Å². The summed E-state index contributed by atoms with van der Waals surface area (Å²) in [6.07, 6.45) is 2.17. The number of methoxy groups -OCH3 is 1. The van der Waals surface area contributed by atoms with E-state index in [1.54, 1.807) is 24.5 Å². The van der Waals surface area contributed by atoms with E-state index in [-0.39, 0.29) is 5.25 Å². The lowest BCUT2D eigenvalue weighted by Crippen LogP contribution is -2.39. The minimum absolute atomic E-state index is 0.0524. The number of aryl methyl sites for hydroxylation is 1. The van der Waals surface area contributed by atoms with Gasteiger partial charge in [-0.2, -0.15) is 0 Å². The number of ether oxygens (including phenoxy) is 2. The quantitative estimate of drug-likeness (QED) is 0.320. The number of anilines is 2. The first-order chi connectivity index (χ1) is 16.0. The summed E-state index contributed by atoms with van der Waals surface area (Å²) < 4.78 is 11.6. The SMILES string of the molecule is CCc1sc(-c2ccc(OC)c(OCCN3CCC3)c2)nc1[C@@H](C)Sc1nc(N)cc(N)n1. The molecule has 2 aromatic heterocycles. The van der Waals surface area contributed by atoms with Crippen LogP contribution >= 0.6 is 23.1 Å². The van der Waals surface area contributed by atoms with E-state index in [2.05, 4.69) is 28.7 Å². The van der Waals surface area contributed by atoms with E-state index in [9.17, 15) is 0 Å². The van der Waals surface area contributed by atoms with Gasteiger partial charge >= 0.3 is 0 Å². The molecule has 176 valence electrons. The Kier molecular flexibility index (Phi) is 7.56. The Morgan fingerprint density at radius 2 is 1.88 bits per heavy atom. The van der Waals surface area contributed by atoms with Crippen LogP contribution in [-0.4, -0.2) is 53.2 Å². The summed E-state index contributed by atoms with van der Waals surface area (Å²) >= 11 is 3.21. The van der Waals surface area contributed by atoms with Gasteiger partial charge in [-0.3, -0.25) is 4.90 Å². The van der Waals surface area contributed by atoms with E-state index >= 15 is 0 Å². The van der Waals surface area contributed by atoms with Crippen molar-refractivity contribution in [3.05, 3.63) is 34.8 Å². The van der Waals surface area contributed by atoms with Gasteiger partial charge in [-0.25, -0.2) is 15.0 Å². The minimum atomic E-state index is 0.0524. The Bertz CT molecular complexity index is 1080. The van der Waals surface area contributed by atoms with Gasteiger partial charge in [0.1, 0.15) is 23.3 Å². The zero-order valence-electron chi connectivity index (χ0n) is 19.2. The highest BCUT2D eigenvalue weighted by Gasteiger charge is 2.21. The zero-order valence-corrected chi connectivity index (χ0v) is 20.8. The summed E-state index contributed by atoms with van der Waals surface area (Å²) in [6.45, 7) is 8.13. The topological polar surface area (TPSA) is 112 Å². The summed E-state index contributed by atoms with van der Waals surface area (Å²) in [5.41, 5.74) is 13.7. The largest absolute Gasteiger partial charge is 0.493 e. The van der Waals surface area contributed by atoms with E-state index in [4.69, 9.17) is 25.9 Å². The zero-order chi connectivity index (χ0) is 23.4. The molecule has 1 aliphatic rings. The van der Waals surface area contributed by atoms with Gasteiger partial charge in [0.25, 0.3) is 0 Å². The van der Waals surface area contributed by atoms with Crippen molar-refractivity contribution >= 4 is 34.7 Å². The number of likely N-dealkylation sites (tertiary alicyclic amines) is 1. The van der Waals surface area contributed by atoms with Gasteiger partial charge in [0.05, 0.1) is 18.1 Å². The Balaban J connectivity index is 1.54. The van der Waals surface area contributed by atoms with E-state index in [1.807, 2.05) is 18.2 Å². The van der Waals surface area contributed by atoms with Crippen LogP contribution in [0.1, 0.15) is 36.1 Å². The summed E-state index contributed by atoms with van der Waals surface area (Å²) in [5.74, 6) is 2.21. The first kappa shape index (κ1) is 23.6. The second kappa shape index (κ2) is 10.6. The lowest BCUT2D eigenvalue weighted by molar-refractivity contribution is 0.145. The van der Waals surface area contributed by atoms with E-state index in [0.29, 0.717) is 23.4 Å². The van der Waals surface area contributed by atoms with Crippen molar-refractivity contribution in [2.24, 2.45) is 0 Å². The Morgan fingerprint density at radius 1 is 1.12 bits per heavy atom. The maximum Gasteiger partial charge on any atom is 0.192 e. The fourth-order valence-electron chi connectivity index (χ4n) is 3.60. The monoisotopic (exact) mass is 486 g/mol. The predicted octanol–water partition coefficient (Wildman–Crippen LogP) is 4.27. The van der Waals surface area contributed by atoms with Crippen molar-refractivity contribution < 1.29 is 9.47 Å². The number of nitrogens with two attached hydrogens (primary N) is 2. The van der Waals surface area contributed by atoms with Crippen LogP contribution in [-0.2, 0) is 6.42 Å². The van der Waals surface area contributed by atoms with Crippen LogP contribution in [0.3, 0.4) is 0 Å². The molecular formula is C23H30N6O2S2. The Morgan fingerprint density at radius 3 is 2.52 bits per heavy atom.